The van der Waals surface area contributed by atoms with E-state index in [0.29, 0.717) is 23.3 Å². The van der Waals surface area contributed by atoms with Crippen molar-refractivity contribution in [2.24, 2.45) is 0 Å². The minimum Gasteiger partial charge on any atom is -0.438 e. The van der Waals surface area contributed by atoms with E-state index in [1.165, 1.54) is 0 Å². The Morgan fingerprint density at radius 1 is 0.750 bits per heavy atom. The summed E-state index contributed by atoms with van der Waals surface area (Å²) < 4.78 is 6.06. The third kappa shape index (κ3) is 4.07. The van der Waals surface area contributed by atoms with Crippen LogP contribution in [0.4, 0.5) is 17.3 Å². The summed E-state index contributed by atoms with van der Waals surface area (Å²) in [7, 11) is 0. The molecule has 6 rings (SSSR count). The lowest BCUT2D eigenvalue weighted by atomic mass is 10.0. The van der Waals surface area contributed by atoms with Crippen LogP contribution in [0.15, 0.2) is 103 Å². The van der Waals surface area contributed by atoms with Crippen molar-refractivity contribution in [2.75, 3.05) is 11.1 Å². The number of ether oxygens (including phenoxy) is 1. The highest BCUT2D eigenvalue weighted by Gasteiger charge is 2.14. The number of nitrogen functional groups attached to an aromatic ring is 1. The van der Waals surface area contributed by atoms with E-state index >= 15 is 0 Å². The van der Waals surface area contributed by atoms with Gasteiger partial charge in [0, 0.05) is 39.3 Å². The molecular formula is C28H21N7O. The Kier molecular flexibility index (Phi) is 5.44. The molecule has 6 aromatic rings. The Morgan fingerprint density at radius 3 is 2.31 bits per heavy atom. The summed E-state index contributed by atoms with van der Waals surface area (Å²) in [5.41, 5.74) is 10.2. The monoisotopic (exact) mass is 471 g/mol. The van der Waals surface area contributed by atoms with Gasteiger partial charge in [0.1, 0.15) is 17.3 Å². The SMILES string of the molecule is Nc1[nH]ncc1-c1cccnc1Oc1ccc(Nc2nnc(-c3ccccc3)c3ccccc23)cc1. The summed E-state index contributed by atoms with van der Waals surface area (Å²) in [6.07, 6.45) is 3.33. The van der Waals surface area contributed by atoms with Crippen LogP contribution in [0, 0.1) is 0 Å². The molecule has 0 spiro atoms. The van der Waals surface area contributed by atoms with Crippen molar-refractivity contribution >= 4 is 28.1 Å². The topological polar surface area (TPSA) is 115 Å². The van der Waals surface area contributed by atoms with Gasteiger partial charge in [0.25, 0.3) is 0 Å². The number of hydrogen-bond donors (Lipinski definition) is 3. The lowest BCUT2D eigenvalue weighted by molar-refractivity contribution is 0.465. The molecule has 0 aliphatic heterocycles. The van der Waals surface area contributed by atoms with Gasteiger partial charge in [-0.1, -0.05) is 54.6 Å². The van der Waals surface area contributed by atoms with Gasteiger partial charge in [0.2, 0.25) is 5.88 Å². The number of nitrogens with two attached hydrogens (primary N) is 1. The number of pyridine rings is 1. The van der Waals surface area contributed by atoms with Crippen molar-refractivity contribution in [1.29, 1.82) is 0 Å². The number of hydrogen-bond acceptors (Lipinski definition) is 7. The molecule has 0 saturated heterocycles. The predicted molar refractivity (Wildman–Crippen MR) is 141 cm³/mol. The lowest BCUT2D eigenvalue weighted by Gasteiger charge is -2.12. The smallest absolute Gasteiger partial charge is 0.227 e. The molecule has 0 aliphatic carbocycles. The van der Waals surface area contributed by atoms with Gasteiger partial charge in [-0.05, 0) is 36.4 Å². The summed E-state index contributed by atoms with van der Waals surface area (Å²) in [6, 6.07) is 29.5. The number of H-pyrrole nitrogens is 1. The lowest BCUT2D eigenvalue weighted by Crippen LogP contribution is -1.99. The first-order valence-electron chi connectivity index (χ1n) is 11.4. The molecule has 0 saturated carbocycles. The first-order chi connectivity index (χ1) is 17.8. The average molecular weight is 472 g/mol. The highest BCUT2D eigenvalue weighted by molar-refractivity contribution is 6.00. The van der Waals surface area contributed by atoms with E-state index in [0.717, 1.165) is 38.8 Å². The van der Waals surface area contributed by atoms with Crippen molar-refractivity contribution in [2.45, 2.75) is 0 Å². The average Bonchev–Trinajstić information content (AvgIpc) is 3.36. The highest BCUT2D eigenvalue weighted by atomic mass is 16.5. The second-order valence-corrected chi connectivity index (χ2v) is 8.11. The van der Waals surface area contributed by atoms with Crippen LogP contribution < -0.4 is 15.8 Å². The Bertz CT molecular complexity index is 1650. The molecule has 4 N–H and O–H groups in total. The highest BCUT2D eigenvalue weighted by Crippen LogP contribution is 2.35. The van der Waals surface area contributed by atoms with Crippen LogP contribution in [0.25, 0.3) is 33.2 Å². The predicted octanol–water partition coefficient (Wildman–Crippen LogP) is 6.20. The van der Waals surface area contributed by atoms with Crippen LogP contribution in [-0.2, 0) is 0 Å². The number of nitrogens with one attached hydrogen (secondary N) is 2. The van der Waals surface area contributed by atoms with Crippen molar-refractivity contribution in [3.05, 3.63) is 103 Å². The van der Waals surface area contributed by atoms with E-state index < -0.39 is 0 Å². The molecule has 3 aromatic carbocycles. The minimum absolute atomic E-state index is 0.444. The largest absolute Gasteiger partial charge is 0.438 e. The van der Waals surface area contributed by atoms with Crippen molar-refractivity contribution in [1.82, 2.24) is 25.4 Å². The molecule has 8 nitrogen and oxygen atoms in total. The molecule has 174 valence electrons. The molecule has 8 heteroatoms. The molecule has 36 heavy (non-hydrogen) atoms. The van der Waals surface area contributed by atoms with Crippen molar-refractivity contribution in [3.8, 4) is 34.0 Å². The molecule has 0 fully saturated rings. The van der Waals surface area contributed by atoms with Crippen molar-refractivity contribution < 1.29 is 4.74 Å². The molecule has 3 heterocycles. The number of nitrogens with zero attached hydrogens (tertiary/aromatic N) is 4. The maximum absolute atomic E-state index is 6.06. The van der Waals surface area contributed by atoms with E-state index in [1.807, 2.05) is 84.9 Å². The van der Waals surface area contributed by atoms with Gasteiger partial charge in [0.05, 0.1) is 6.20 Å². The summed E-state index contributed by atoms with van der Waals surface area (Å²) >= 11 is 0. The van der Waals surface area contributed by atoms with Gasteiger partial charge in [0.15, 0.2) is 5.82 Å². The summed E-state index contributed by atoms with van der Waals surface area (Å²) in [6.45, 7) is 0. The number of benzene rings is 3. The fourth-order valence-corrected chi connectivity index (χ4v) is 4.05. The summed E-state index contributed by atoms with van der Waals surface area (Å²) in [5.74, 6) is 2.22. The number of aromatic nitrogens is 5. The fraction of sp³-hybridized carbons (Fsp3) is 0. The molecule has 0 radical (unpaired) electrons. The van der Waals surface area contributed by atoms with Crippen LogP contribution in [0.5, 0.6) is 11.6 Å². The zero-order valence-electron chi connectivity index (χ0n) is 19.1. The van der Waals surface area contributed by atoms with E-state index in [4.69, 9.17) is 10.5 Å². The fourth-order valence-electron chi connectivity index (χ4n) is 4.05. The molecule has 0 atom stereocenters. The zero-order valence-corrected chi connectivity index (χ0v) is 19.1. The number of rotatable bonds is 6. The summed E-state index contributed by atoms with van der Waals surface area (Å²) in [4.78, 5) is 4.38. The normalized spacial score (nSPS) is 10.9. The van der Waals surface area contributed by atoms with Crippen LogP contribution in [0.1, 0.15) is 0 Å². The second-order valence-electron chi connectivity index (χ2n) is 8.11. The Balaban J connectivity index is 1.26. The minimum atomic E-state index is 0.444. The van der Waals surface area contributed by atoms with Gasteiger partial charge in [-0.25, -0.2) is 4.98 Å². The van der Waals surface area contributed by atoms with Gasteiger partial charge in [-0.2, -0.15) is 5.10 Å². The second kappa shape index (κ2) is 9.19. The van der Waals surface area contributed by atoms with E-state index in [1.54, 1.807) is 12.4 Å². The molecule has 0 bridgehead atoms. The molecule has 0 amide bonds. The van der Waals surface area contributed by atoms with Crippen LogP contribution in [0.2, 0.25) is 0 Å². The Labute approximate surface area is 206 Å². The van der Waals surface area contributed by atoms with Gasteiger partial charge < -0.3 is 15.8 Å². The first kappa shape index (κ1) is 21.3. The van der Waals surface area contributed by atoms with Crippen LogP contribution in [-0.4, -0.2) is 25.4 Å². The third-order valence-electron chi connectivity index (χ3n) is 5.80. The number of anilines is 3. The first-order valence-corrected chi connectivity index (χ1v) is 11.4. The van der Waals surface area contributed by atoms with Gasteiger partial charge in [-0.15, -0.1) is 10.2 Å². The Hall–Kier alpha value is -5.24. The quantitative estimate of drug-likeness (QED) is 0.265. The maximum Gasteiger partial charge on any atom is 0.227 e. The Morgan fingerprint density at radius 2 is 1.53 bits per heavy atom. The third-order valence-corrected chi connectivity index (χ3v) is 5.80. The molecule has 0 unspecified atom stereocenters. The van der Waals surface area contributed by atoms with E-state index in [2.05, 4.69) is 36.8 Å². The van der Waals surface area contributed by atoms with Crippen LogP contribution >= 0.6 is 0 Å². The molecule has 0 aliphatic rings. The molecule has 3 aromatic heterocycles. The standard InChI is InChI=1S/C28H21N7O/c29-26-24(17-31-34-26)23-11-6-16-30-28(23)36-20-14-12-19(13-15-20)32-27-22-10-5-4-9-21(22)25(33-35-27)18-7-2-1-3-8-18/h1-17H,(H,32,35)(H3,29,31,34). The van der Waals surface area contributed by atoms with E-state index in [-0.39, 0.29) is 0 Å². The maximum atomic E-state index is 6.06. The van der Waals surface area contributed by atoms with Gasteiger partial charge >= 0.3 is 0 Å². The molecular weight excluding hydrogens is 450 g/mol. The number of fused-ring (bicyclic) bond motifs is 1. The van der Waals surface area contributed by atoms with E-state index in [9.17, 15) is 0 Å². The van der Waals surface area contributed by atoms with Crippen molar-refractivity contribution in [3.63, 3.8) is 0 Å². The zero-order chi connectivity index (χ0) is 24.3. The number of aromatic amines is 1. The summed E-state index contributed by atoms with van der Waals surface area (Å²) in [5, 5.41) is 21.1. The van der Waals surface area contributed by atoms with Gasteiger partial charge in [-0.3, -0.25) is 5.10 Å². The van der Waals surface area contributed by atoms with Crippen LogP contribution in [0.3, 0.4) is 0 Å².